The van der Waals surface area contributed by atoms with Crippen molar-refractivity contribution in [3.8, 4) is 0 Å². The van der Waals surface area contributed by atoms with E-state index in [2.05, 4.69) is 33.3 Å². The van der Waals surface area contributed by atoms with Crippen molar-refractivity contribution in [2.75, 3.05) is 24.3 Å². The minimum Gasteiger partial charge on any atom is -0.465 e. The van der Waals surface area contributed by atoms with E-state index in [1.807, 2.05) is 0 Å². The first-order chi connectivity index (χ1) is 9.47. The van der Waals surface area contributed by atoms with Crippen LogP contribution in [-0.2, 0) is 9.53 Å². The fourth-order valence-electron chi connectivity index (χ4n) is 2.17. The van der Waals surface area contributed by atoms with E-state index in [0.29, 0.717) is 23.2 Å². The molecule has 1 heterocycles. The van der Waals surface area contributed by atoms with Crippen LogP contribution in [0.3, 0.4) is 0 Å². The quantitative estimate of drug-likeness (QED) is 0.664. The van der Waals surface area contributed by atoms with Crippen LogP contribution in [0.1, 0.15) is 16.8 Å². The number of halogens is 2. The van der Waals surface area contributed by atoms with Crippen LogP contribution in [0.25, 0.3) is 0 Å². The van der Waals surface area contributed by atoms with Gasteiger partial charge in [-0.05, 0) is 23.8 Å². The van der Waals surface area contributed by atoms with Crippen molar-refractivity contribution >= 4 is 46.1 Å². The SMILES string of the molecule is COC(=O)c1cc(Br)cc(N2CC(CS)CC2=O)c1F. The molecule has 0 N–H and O–H groups in total. The summed E-state index contributed by atoms with van der Waals surface area (Å²) in [6.45, 7) is 0.399. The summed E-state index contributed by atoms with van der Waals surface area (Å²) in [4.78, 5) is 24.9. The molecule has 0 aliphatic carbocycles. The summed E-state index contributed by atoms with van der Waals surface area (Å²) in [5.74, 6) is -1.04. The monoisotopic (exact) mass is 361 g/mol. The maximum absolute atomic E-state index is 14.4. The average Bonchev–Trinajstić information content (AvgIpc) is 2.81. The number of hydrogen-bond acceptors (Lipinski definition) is 4. The molecular weight excluding hydrogens is 349 g/mol. The van der Waals surface area contributed by atoms with Crippen LogP contribution in [0, 0.1) is 11.7 Å². The molecule has 20 heavy (non-hydrogen) atoms. The molecule has 1 aliphatic rings. The van der Waals surface area contributed by atoms with E-state index in [9.17, 15) is 14.0 Å². The Kier molecular flexibility index (Phi) is 4.70. The van der Waals surface area contributed by atoms with E-state index < -0.39 is 11.8 Å². The summed E-state index contributed by atoms with van der Waals surface area (Å²) in [6, 6.07) is 2.82. The highest BCUT2D eigenvalue weighted by atomic mass is 79.9. The van der Waals surface area contributed by atoms with Crippen LogP contribution < -0.4 is 4.90 Å². The zero-order valence-electron chi connectivity index (χ0n) is 10.7. The Morgan fingerprint density at radius 3 is 2.85 bits per heavy atom. The third kappa shape index (κ3) is 2.83. The summed E-state index contributed by atoms with van der Waals surface area (Å²) in [5, 5.41) is 0. The molecule has 7 heteroatoms. The lowest BCUT2D eigenvalue weighted by Gasteiger charge is -2.19. The number of anilines is 1. The summed E-state index contributed by atoms with van der Waals surface area (Å²) in [5.41, 5.74) is -0.104. The Labute approximate surface area is 129 Å². The summed E-state index contributed by atoms with van der Waals surface area (Å²) < 4.78 is 19.5. The van der Waals surface area contributed by atoms with Gasteiger partial charge in [0.05, 0.1) is 18.4 Å². The number of methoxy groups -OCH3 is 1. The number of carbonyl (C=O) groups is 2. The first kappa shape index (κ1) is 15.3. The molecule has 1 aromatic rings. The van der Waals surface area contributed by atoms with Crippen molar-refractivity contribution in [1.82, 2.24) is 0 Å². The largest absolute Gasteiger partial charge is 0.465 e. The van der Waals surface area contributed by atoms with E-state index in [1.54, 1.807) is 0 Å². The predicted octanol–water partition coefficient (Wildman–Crippen LogP) is 2.66. The Balaban J connectivity index is 2.44. The number of rotatable bonds is 3. The smallest absolute Gasteiger partial charge is 0.340 e. The number of benzene rings is 1. The lowest BCUT2D eigenvalue weighted by molar-refractivity contribution is -0.117. The second-order valence-electron chi connectivity index (χ2n) is 4.54. The van der Waals surface area contributed by atoms with Gasteiger partial charge in [-0.2, -0.15) is 12.6 Å². The van der Waals surface area contributed by atoms with Crippen LogP contribution in [-0.4, -0.2) is 31.3 Å². The van der Waals surface area contributed by atoms with Gasteiger partial charge < -0.3 is 9.64 Å². The van der Waals surface area contributed by atoms with Gasteiger partial charge in [-0.25, -0.2) is 9.18 Å². The van der Waals surface area contributed by atoms with E-state index in [4.69, 9.17) is 0 Å². The molecule has 2 rings (SSSR count). The molecule has 1 fully saturated rings. The van der Waals surface area contributed by atoms with Gasteiger partial charge in [0.15, 0.2) is 5.82 Å². The summed E-state index contributed by atoms with van der Waals surface area (Å²) >= 11 is 7.38. The molecule has 1 aromatic carbocycles. The zero-order chi connectivity index (χ0) is 14.9. The van der Waals surface area contributed by atoms with Crippen molar-refractivity contribution in [2.24, 2.45) is 5.92 Å². The molecule has 0 spiro atoms. The van der Waals surface area contributed by atoms with E-state index in [1.165, 1.54) is 24.1 Å². The molecular formula is C13H13BrFNO3S. The van der Waals surface area contributed by atoms with Gasteiger partial charge in [0.1, 0.15) is 0 Å². The molecule has 1 atom stereocenters. The molecule has 0 bridgehead atoms. The topological polar surface area (TPSA) is 46.6 Å². The highest BCUT2D eigenvalue weighted by Crippen LogP contribution is 2.32. The number of nitrogens with zero attached hydrogens (tertiary/aromatic N) is 1. The van der Waals surface area contributed by atoms with Gasteiger partial charge in [0.2, 0.25) is 5.91 Å². The van der Waals surface area contributed by atoms with Crippen LogP contribution in [0.15, 0.2) is 16.6 Å². The predicted molar refractivity (Wildman–Crippen MR) is 79.8 cm³/mol. The van der Waals surface area contributed by atoms with Gasteiger partial charge in [-0.1, -0.05) is 15.9 Å². The van der Waals surface area contributed by atoms with E-state index in [-0.39, 0.29) is 23.1 Å². The van der Waals surface area contributed by atoms with Gasteiger partial charge in [0.25, 0.3) is 0 Å². The Hall–Kier alpha value is -1.08. The van der Waals surface area contributed by atoms with Crippen LogP contribution in [0.4, 0.5) is 10.1 Å². The second-order valence-corrected chi connectivity index (χ2v) is 5.82. The van der Waals surface area contributed by atoms with Crippen LogP contribution in [0.5, 0.6) is 0 Å². The van der Waals surface area contributed by atoms with Crippen LogP contribution >= 0.6 is 28.6 Å². The molecule has 0 saturated carbocycles. The molecule has 0 aromatic heterocycles. The molecule has 1 aliphatic heterocycles. The normalized spacial score (nSPS) is 18.5. The average molecular weight is 362 g/mol. The third-order valence-electron chi connectivity index (χ3n) is 3.18. The minimum atomic E-state index is -0.776. The molecule has 0 radical (unpaired) electrons. The van der Waals surface area contributed by atoms with Crippen molar-refractivity contribution in [3.63, 3.8) is 0 Å². The molecule has 108 valence electrons. The van der Waals surface area contributed by atoms with Crippen molar-refractivity contribution in [1.29, 1.82) is 0 Å². The highest BCUT2D eigenvalue weighted by molar-refractivity contribution is 9.10. The first-order valence-electron chi connectivity index (χ1n) is 5.96. The van der Waals surface area contributed by atoms with E-state index in [0.717, 1.165) is 0 Å². The van der Waals surface area contributed by atoms with Gasteiger partial charge in [-0.15, -0.1) is 0 Å². The summed E-state index contributed by atoms with van der Waals surface area (Å²) in [7, 11) is 1.18. The molecule has 4 nitrogen and oxygen atoms in total. The number of hydrogen-bond donors (Lipinski definition) is 1. The molecule has 1 saturated heterocycles. The molecule has 1 unspecified atom stereocenters. The first-order valence-corrected chi connectivity index (χ1v) is 7.39. The lowest BCUT2D eigenvalue weighted by Crippen LogP contribution is -2.26. The summed E-state index contributed by atoms with van der Waals surface area (Å²) in [6.07, 6.45) is 0.336. The van der Waals surface area contributed by atoms with Crippen molar-refractivity contribution in [3.05, 3.63) is 28.0 Å². The standard InChI is InChI=1S/C13H13BrFNO3S/c1-19-13(18)9-3-8(14)4-10(12(9)15)16-5-7(6-20)2-11(16)17/h3-4,7,20H,2,5-6H2,1H3. The lowest BCUT2D eigenvalue weighted by atomic mass is 10.1. The maximum Gasteiger partial charge on any atom is 0.340 e. The van der Waals surface area contributed by atoms with Crippen LogP contribution in [0.2, 0.25) is 0 Å². The number of carbonyl (C=O) groups excluding carboxylic acids is 2. The zero-order valence-corrected chi connectivity index (χ0v) is 13.2. The van der Waals surface area contributed by atoms with Gasteiger partial charge in [0, 0.05) is 17.4 Å². The fourth-order valence-corrected chi connectivity index (χ4v) is 2.86. The number of ether oxygens (including phenoxy) is 1. The second kappa shape index (κ2) is 6.13. The number of amides is 1. The number of esters is 1. The Bertz CT molecular complexity index is 567. The molecule has 1 amide bonds. The Morgan fingerprint density at radius 2 is 2.30 bits per heavy atom. The van der Waals surface area contributed by atoms with Crippen molar-refractivity contribution < 1.29 is 18.7 Å². The minimum absolute atomic E-state index is 0.0887. The fraction of sp³-hybridized carbons (Fsp3) is 0.385. The Morgan fingerprint density at radius 1 is 1.60 bits per heavy atom. The van der Waals surface area contributed by atoms with E-state index >= 15 is 0 Å². The maximum atomic E-state index is 14.4. The van der Waals surface area contributed by atoms with Gasteiger partial charge >= 0.3 is 5.97 Å². The van der Waals surface area contributed by atoms with Crippen molar-refractivity contribution in [2.45, 2.75) is 6.42 Å². The highest BCUT2D eigenvalue weighted by Gasteiger charge is 2.32. The number of thiol groups is 1. The third-order valence-corrected chi connectivity index (χ3v) is 4.15. The van der Waals surface area contributed by atoms with Gasteiger partial charge in [-0.3, -0.25) is 4.79 Å².